The highest BCUT2D eigenvalue weighted by atomic mass is 19.3. The molecular formula is C13H18F2N2. The van der Waals surface area contributed by atoms with Gasteiger partial charge in [-0.05, 0) is 25.5 Å². The summed E-state index contributed by atoms with van der Waals surface area (Å²) in [6.45, 7) is 5.19. The summed E-state index contributed by atoms with van der Waals surface area (Å²) in [6.07, 6.45) is -2.31. The molecule has 0 bridgehead atoms. The zero-order valence-corrected chi connectivity index (χ0v) is 10.2. The van der Waals surface area contributed by atoms with E-state index < -0.39 is 6.43 Å². The van der Waals surface area contributed by atoms with Crippen LogP contribution in [-0.4, -0.2) is 25.1 Å². The van der Waals surface area contributed by atoms with Gasteiger partial charge in [-0.1, -0.05) is 18.2 Å². The molecule has 2 nitrogen and oxygen atoms in total. The lowest BCUT2D eigenvalue weighted by atomic mass is 10.1. The quantitative estimate of drug-likeness (QED) is 0.855. The summed E-state index contributed by atoms with van der Waals surface area (Å²) in [5, 5.41) is 3.39. The van der Waals surface area contributed by atoms with E-state index in [0.29, 0.717) is 6.54 Å². The molecular weight excluding hydrogens is 222 g/mol. The van der Waals surface area contributed by atoms with Crippen LogP contribution in [0.25, 0.3) is 0 Å². The Morgan fingerprint density at radius 3 is 2.76 bits per heavy atom. The minimum atomic E-state index is -2.31. The molecule has 17 heavy (non-hydrogen) atoms. The Morgan fingerprint density at radius 1 is 1.35 bits per heavy atom. The lowest BCUT2D eigenvalue weighted by Gasteiger charge is -2.31. The Labute approximate surface area is 101 Å². The SMILES string of the molecule is CC1(C)CN(CC(F)F)c2ccccc2CN1. The zero-order chi connectivity index (χ0) is 12.5. The molecule has 0 spiro atoms. The van der Waals surface area contributed by atoms with E-state index >= 15 is 0 Å². The molecule has 2 rings (SSSR count). The molecule has 1 heterocycles. The molecule has 0 amide bonds. The Kier molecular flexibility index (Phi) is 3.33. The standard InChI is InChI=1S/C13H18F2N2/c1-13(2)9-17(8-12(14)15)11-6-4-3-5-10(11)7-16-13/h3-6,12,16H,7-9H2,1-2H3. The molecule has 1 N–H and O–H groups in total. The first kappa shape index (κ1) is 12.3. The number of benzene rings is 1. The molecule has 94 valence electrons. The van der Waals surface area contributed by atoms with Crippen LogP contribution in [0.5, 0.6) is 0 Å². The number of para-hydroxylation sites is 1. The highest BCUT2D eigenvalue weighted by Gasteiger charge is 2.27. The molecule has 0 unspecified atom stereocenters. The van der Waals surface area contributed by atoms with Gasteiger partial charge in [0.1, 0.15) is 0 Å². The van der Waals surface area contributed by atoms with E-state index in [4.69, 9.17) is 0 Å². The zero-order valence-electron chi connectivity index (χ0n) is 10.2. The Balaban J connectivity index is 2.32. The summed E-state index contributed by atoms with van der Waals surface area (Å²) in [4.78, 5) is 1.78. The third-order valence-electron chi connectivity index (χ3n) is 3.03. The van der Waals surface area contributed by atoms with Gasteiger partial charge in [0.15, 0.2) is 0 Å². The molecule has 4 heteroatoms. The summed E-state index contributed by atoms with van der Waals surface area (Å²) in [7, 11) is 0. The summed E-state index contributed by atoms with van der Waals surface area (Å²) >= 11 is 0. The highest BCUT2D eigenvalue weighted by molar-refractivity contribution is 5.55. The van der Waals surface area contributed by atoms with E-state index in [0.717, 1.165) is 17.8 Å². The van der Waals surface area contributed by atoms with E-state index in [9.17, 15) is 8.78 Å². The number of alkyl halides is 2. The van der Waals surface area contributed by atoms with Crippen LogP contribution in [0.4, 0.5) is 14.5 Å². The average Bonchev–Trinajstić information content (AvgIpc) is 2.36. The highest BCUT2D eigenvalue weighted by Crippen LogP contribution is 2.26. The maximum absolute atomic E-state index is 12.6. The van der Waals surface area contributed by atoms with Crippen molar-refractivity contribution in [1.82, 2.24) is 5.32 Å². The Hall–Kier alpha value is -1.16. The van der Waals surface area contributed by atoms with Gasteiger partial charge in [-0.3, -0.25) is 0 Å². The first-order chi connectivity index (χ1) is 7.98. The molecule has 1 aromatic carbocycles. The number of nitrogens with zero attached hydrogens (tertiary/aromatic N) is 1. The van der Waals surface area contributed by atoms with Crippen molar-refractivity contribution in [3.8, 4) is 0 Å². The number of rotatable bonds is 2. The van der Waals surface area contributed by atoms with Crippen LogP contribution in [0.3, 0.4) is 0 Å². The first-order valence-electron chi connectivity index (χ1n) is 5.84. The van der Waals surface area contributed by atoms with Gasteiger partial charge >= 0.3 is 0 Å². The van der Waals surface area contributed by atoms with Crippen LogP contribution in [0, 0.1) is 0 Å². The maximum Gasteiger partial charge on any atom is 0.255 e. The van der Waals surface area contributed by atoms with Crippen LogP contribution in [0.1, 0.15) is 19.4 Å². The van der Waals surface area contributed by atoms with E-state index in [1.165, 1.54) is 0 Å². The molecule has 0 aromatic heterocycles. The van der Waals surface area contributed by atoms with Gasteiger partial charge in [0, 0.05) is 24.3 Å². The van der Waals surface area contributed by atoms with Gasteiger partial charge in [-0.15, -0.1) is 0 Å². The fraction of sp³-hybridized carbons (Fsp3) is 0.538. The monoisotopic (exact) mass is 240 g/mol. The van der Waals surface area contributed by atoms with E-state index in [2.05, 4.69) is 5.32 Å². The number of halogens is 2. The summed E-state index contributed by atoms with van der Waals surface area (Å²) in [5.41, 5.74) is 1.85. The fourth-order valence-corrected chi connectivity index (χ4v) is 2.25. The van der Waals surface area contributed by atoms with Crippen molar-refractivity contribution >= 4 is 5.69 Å². The van der Waals surface area contributed by atoms with Crippen LogP contribution in [-0.2, 0) is 6.54 Å². The van der Waals surface area contributed by atoms with Gasteiger partial charge in [0.25, 0.3) is 6.43 Å². The fourth-order valence-electron chi connectivity index (χ4n) is 2.25. The number of anilines is 1. The molecule has 0 radical (unpaired) electrons. The van der Waals surface area contributed by atoms with Gasteiger partial charge in [0.05, 0.1) is 6.54 Å². The van der Waals surface area contributed by atoms with Crippen LogP contribution in [0.15, 0.2) is 24.3 Å². The lowest BCUT2D eigenvalue weighted by molar-refractivity contribution is 0.153. The molecule has 0 fully saturated rings. The minimum Gasteiger partial charge on any atom is -0.364 e. The largest absolute Gasteiger partial charge is 0.364 e. The van der Waals surface area contributed by atoms with Gasteiger partial charge in [-0.25, -0.2) is 8.78 Å². The van der Waals surface area contributed by atoms with Crippen LogP contribution in [0.2, 0.25) is 0 Å². The van der Waals surface area contributed by atoms with E-state index in [-0.39, 0.29) is 12.1 Å². The predicted octanol–water partition coefficient (Wildman–Crippen LogP) is 2.64. The second-order valence-electron chi connectivity index (χ2n) is 5.14. The number of hydrogen-bond acceptors (Lipinski definition) is 2. The topological polar surface area (TPSA) is 15.3 Å². The Morgan fingerprint density at radius 2 is 2.06 bits per heavy atom. The second-order valence-corrected chi connectivity index (χ2v) is 5.14. The van der Waals surface area contributed by atoms with Crippen molar-refractivity contribution in [3.63, 3.8) is 0 Å². The molecule has 1 aliphatic rings. The minimum absolute atomic E-state index is 0.159. The second kappa shape index (κ2) is 4.61. The maximum atomic E-state index is 12.6. The number of fused-ring (bicyclic) bond motifs is 1. The summed E-state index contributed by atoms with van der Waals surface area (Å²) in [6, 6.07) is 7.75. The molecule has 0 aliphatic carbocycles. The van der Waals surface area contributed by atoms with Gasteiger partial charge < -0.3 is 10.2 Å². The van der Waals surface area contributed by atoms with Crippen molar-refractivity contribution in [1.29, 1.82) is 0 Å². The van der Waals surface area contributed by atoms with Crippen LogP contribution < -0.4 is 10.2 Å². The number of nitrogens with one attached hydrogen (secondary N) is 1. The predicted molar refractivity (Wildman–Crippen MR) is 65.6 cm³/mol. The number of hydrogen-bond donors (Lipinski definition) is 1. The van der Waals surface area contributed by atoms with Crippen molar-refractivity contribution in [2.75, 3.05) is 18.0 Å². The molecule has 0 saturated heterocycles. The van der Waals surface area contributed by atoms with Crippen molar-refractivity contribution < 1.29 is 8.78 Å². The molecule has 0 saturated carbocycles. The average molecular weight is 240 g/mol. The smallest absolute Gasteiger partial charge is 0.255 e. The molecule has 1 aliphatic heterocycles. The third-order valence-corrected chi connectivity index (χ3v) is 3.03. The summed E-state index contributed by atoms with van der Waals surface area (Å²) in [5.74, 6) is 0. The van der Waals surface area contributed by atoms with Gasteiger partial charge in [0.2, 0.25) is 0 Å². The van der Waals surface area contributed by atoms with E-state index in [1.807, 2.05) is 38.1 Å². The molecule has 1 aromatic rings. The lowest BCUT2D eigenvalue weighted by Crippen LogP contribution is -2.47. The molecule has 0 atom stereocenters. The van der Waals surface area contributed by atoms with Crippen molar-refractivity contribution in [3.05, 3.63) is 29.8 Å². The van der Waals surface area contributed by atoms with Gasteiger partial charge in [-0.2, -0.15) is 0 Å². The van der Waals surface area contributed by atoms with Crippen molar-refractivity contribution in [2.24, 2.45) is 0 Å². The van der Waals surface area contributed by atoms with Crippen LogP contribution >= 0.6 is 0 Å². The summed E-state index contributed by atoms with van der Waals surface area (Å²) < 4.78 is 25.3. The Bertz CT molecular complexity index is 391. The third kappa shape index (κ3) is 2.94. The normalized spacial score (nSPS) is 19.0. The van der Waals surface area contributed by atoms with Crippen molar-refractivity contribution in [2.45, 2.75) is 32.4 Å². The van der Waals surface area contributed by atoms with E-state index in [1.54, 1.807) is 4.90 Å². The first-order valence-corrected chi connectivity index (χ1v) is 5.84.